The first-order valence-corrected chi connectivity index (χ1v) is 8.09. The smallest absolute Gasteiger partial charge is 0.267 e. The lowest BCUT2D eigenvalue weighted by molar-refractivity contribution is -0.124. The van der Waals surface area contributed by atoms with Crippen molar-refractivity contribution in [1.29, 1.82) is 0 Å². The van der Waals surface area contributed by atoms with Crippen molar-refractivity contribution in [3.05, 3.63) is 67.8 Å². The highest BCUT2D eigenvalue weighted by Gasteiger charge is 2.10. The summed E-state index contributed by atoms with van der Waals surface area (Å²) in [5.74, 6) is -0.669. The summed E-state index contributed by atoms with van der Waals surface area (Å²) >= 11 is 1.70. The second kappa shape index (κ2) is 6.76. The zero-order valence-corrected chi connectivity index (χ0v) is 13.2. The molecule has 1 aliphatic rings. The number of carbonyl (C=O) groups is 1. The first-order chi connectivity index (χ1) is 11.2. The standard InChI is InChI=1S/C17H16N2O3S/c20-16(18-22)8-7-12-5-3-9-19(17(12)21)11-14-10-13-4-1-2-6-15(13)23-14/h2-3,5-10,22H,1,4,11H2,(H,18,20)/b8-7+. The molecule has 1 amide bonds. The third kappa shape index (κ3) is 3.49. The molecule has 6 heteroatoms. The van der Waals surface area contributed by atoms with Crippen LogP contribution in [0.25, 0.3) is 12.2 Å². The lowest BCUT2D eigenvalue weighted by atomic mass is 10.1. The van der Waals surface area contributed by atoms with Gasteiger partial charge in [0, 0.05) is 27.6 Å². The van der Waals surface area contributed by atoms with Gasteiger partial charge in [-0.1, -0.05) is 6.08 Å². The van der Waals surface area contributed by atoms with Crippen molar-refractivity contribution in [2.24, 2.45) is 0 Å². The van der Waals surface area contributed by atoms with Crippen molar-refractivity contribution >= 4 is 29.4 Å². The highest BCUT2D eigenvalue weighted by atomic mass is 32.1. The van der Waals surface area contributed by atoms with Crippen molar-refractivity contribution < 1.29 is 10.0 Å². The third-order valence-corrected chi connectivity index (χ3v) is 4.77. The average Bonchev–Trinajstić information content (AvgIpc) is 2.97. The van der Waals surface area contributed by atoms with Gasteiger partial charge in [0.05, 0.1) is 6.54 Å². The first-order valence-electron chi connectivity index (χ1n) is 7.27. The van der Waals surface area contributed by atoms with Crippen molar-refractivity contribution in [2.45, 2.75) is 19.4 Å². The van der Waals surface area contributed by atoms with Crippen LogP contribution in [0.4, 0.5) is 0 Å². The van der Waals surface area contributed by atoms with Gasteiger partial charge >= 0.3 is 0 Å². The summed E-state index contributed by atoms with van der Waals surface area (Å²) in [5, 5.41) is 8.47. The van der Waals surface area contributed by atoms with Crippen molar-refractivity contribution in [3.8, 4) is 0 Å². The Morgan fingerprint density at radius 3 is 3.13 bits per heavy atom. The van der Waals surface area contributed by atoms with Crippen molar-refractivity contribution in [1.82, 2.24) is 10.0 Å². The quantitative estimate of drug-likeness (QED) is 0.514. The van der Waals surface area contributed by atoms with Crippen LogP contribution < -0.4 is 11.0 Å². The van der Waals surface area contributed by atoms with Gasteiger partial charge in [0.1, 0.15) is 0 Å². The number of hydrogen-bond donors (Lipinski definition) is 2. The van der Waals surface area contributed by atoms with Gasteiger partial charge in [-0.25, -0.2) is 5.48 Å². The van der Waals surface area contributed by atoms with Crippen LogP contribution in [0.5, 0.6) is 0 Å². The molecule has 2 aromatic heterocycles. The van der Waals surface area contributed by atoms with E-state index in [0.717, 1.165) is 23.8 Å². The lowest BCUT2D eigenvalue weighted by Crippen LogP contribution is -2.22. The summed E-state index contributed by atoms with van der Waals surface area (Å²) in [6.07, 6.45) is 10.7. The molecule has 5 nitrogen and oxygen atoms in total. The highest BCUT2D eigenvalue weighted by Crippen LogP contribution is 2.28. The fourth-order valence-electron chi connectivity index (χ4n) is 2.52. The molecule has 2 aromatic rings. The number of rotatable bonds is 4. The molecule has 0 radical (unpaired) electrons. The minimum absolute atomic E-state index is 0.170. The molecule has 1 aliphatic carbocycles. The van der Waals surface area contributed by atoms with Gasteiger partial charge in [-0.15, -0.1) is 11.3 Å². The fraction of sp³-hybridized carbons (Fsp3) is 0.176. The zero-order valence-electron chi connectivity index (χ0n) is 12.4. The first kappa shape index (κ1) is 15.5. The van der Waals surface area contributed by atoms with Crippen LogP contribution >= 0.6 is 11.3 Å². The molecule has 118 valence electrons. The Morgan fingerprint density at radius 1 is 1.48 bits per heavy atom. The third-order valence-electron chi connectivity index (χ3n) is 3.64. The molecule has 0 spiro atoms. The molecule has 0 bridgehead atoms. The summed E-state index contributed by atoms with van der Waals surface area (Å²) < 4.78 is 1.62. The van der Waals surface area contributed by atoms with E-state index in [1.165, 1.54) is 22.0 Å². The molecule has 2 heterocycles. The predicted octanol–water partition coefficient (Wildman–Crippen LogP) is 2.44. The number of thiophene rings is 1. The molecule has 0 saturated heterocycles. The molecule has 2 N–H and O–H groups in total. The molecule has 0 atom stereocenters. The lowest BCUT2D eigenvalue weighted by Gasteiger charge is -2.04. The fourth-order valence-corrected chi connectivity index (χ4v) is 3.67. The highest BCUT2D eigenvalue weighted by molar-refractivity contribution is 7.13. The summed E-state index contributed by atoms with van der Waals surface area (Å²) in [7, 11) is 0. The van der Waals surface area contributed by atoms with Crippen LogP contribution in [0, 0.1) is 0 Å². The molecule has 0 fully saturated rings. The number of aryl methyl sites for hydroxylation is 1. The van der Waals surface area contributed by atoms with Gasteiger partial charge in [-0.05, 0) is 48.8 Å². The Hall–Kier alpha value is -2.44. The molecule has 23 heavy (non-hydrogen) atoms. The van der Waals surface area contributed by atoms with E-state index >= 15 is 0 Å². The summed E-state index contributed by atoms with van der Waals surface area (Å²) in [6.45, 7) is 0.512. The molecule has 0 saturated carbocycles. The van der Waals surface area contributed by atoms with Crippen molar-refractivity contribution in [3.63, 3.8) is 0 Å². The van der Waals surface area contributed by atoms with E-state index < -0.39 is 5.91 Å². The predicted molar refractivity (Wildman–Crippen MR) is 90.4 cm³/mol. The SMILES string of the molecule is O=C(/C=C/c1cccn(Cc2cc3c(s2)C=CCC3)c1=O)NO. The largest absolute Gasteiger partial charge is 0.310 e. The van der Waals surface area contributed by atoms with E-state index in [2.05, 4.69) is 18.2 Å². The van der Waals surface area contributed by atoms with Crippen LogP contribution in [0.2, 0.25) is 0 Å². The number of pyridine rings is 1. The van der Waals surface area contributed by atoms with Crippen molar-refractivity contribution in [2.75, 3.05) is 0 Å². The summed E-state index contributed by atoms with van der Waals surface area (Å²) in [5.41, 5.74) is 3.07. The molecule has 3 rings (SSSR count). The zero-order chi connectivity index (χ0) is 16.2. The number of carbonyl (C=O) groups excluding carboxylic acids is 1. The number of hydroxylamine groups is 1. The van der Waals surface area contributed by atoms with E-state index in [4.69, 9.17) is 5.21 Å². The van der Waals surface area contributed by atoms with Gasteiger partial charge < -0.3 is 4.57 Å². The molecule has 0 unspecified atom stereocenters. The minimum Gasteiger partial charge on any atom is -0.310 e. The number of fused-ring (bicyclic) bond motifs is 1. The van der Waals surface area contributed by atoms with Gasteiger partial charge in [0.15, 0.2) is 0 Å². The van der Waals surface area contributed by atoms with Gasteiger partial charge in [0.25, 0.3) is 11.5 Å². The Bertz CT molecular complexity index is 846. The number of allylic oxidation sites excluding steroid dienone is 1. The van der Waals surface area contributed by atoms with Gasteiger partial charge in [-0.3, -0.25) is 14.8 Å². The van der Waals surface area contributed by atoms with E-state index in [-0.39, 0.29) is 5.56 Å². The minimum atomic E-state index is -0.669. The summed E-state index contributed by atoms with van der Waals surface area (Å²) in [6, 6.07) is 5.57. The molecular formula is C17H16N2O3S. The van der Waals surface area contributed by atoms with Gasteiger partial charge in [-0.2, -0.15) is 0 Å². The monoisotopic (exact) mass is 328 g/mol. The summed E-state index contributed by atoms with van der Waals surface area (Å²) in [4.78, 5) is 25.9. The second-order valence-corrected chi connectivity index (χ2v) is 6.42. The Balaban J connectivity index is 1.85. The average molecular weight is 328 g/mol. The Kier molecular flexibility index (Phi) is 4.55. The second-order valence-electron chi connectivity index (χ2n) is 5.25. The number of amides is 1. The Labute approximate surface area is 137 Å². The molecular weight excluding hydrogens is 312 g/mol. The van der Waals surface area contributed by atoms with Crippen LogP contribution in [0.1, 0.15) is 27.3 Å². The molecule has 0 aromatic carbocycles. The number of hydrogen-bond acceptors (Lipinski definition) is 4. The number of nitrogens with zero attached hydrogens (tertiary/aromatic N) is 1. The normalized spacial score (nSPS) is 13.3. The van der Waals surface area contributed by atoms with E-state index in [0.29, 0.717) is 12.1 Å². The topological polar surface area (TPSA) is 71.3 Å². The van der Waals surface area contributed by atoms with E-state index in [1.54, 1.807) is 34.2 Å². The maximum Gasteiger partial charge on any atom is 0.267 e. The number of aromatic nitrogens is 1. The van der Waals surface area contributed by atoms with E-state index in [9.17, 15) is 9.59 Å². The van der Waals surface area contributed by atoms with Crippen LogP contribution in [0.3, 0.4) is 0 Å². The molecule has 0 aliphatic heterocycles. The van der Waals surface area contributed by atoms with E-state index in [1.807, 2.05) is 0 Å². The van der Waals surface area contributed by atoms with Crippen LogP contribution in [-0.4, -0.2) is 15.7 Å². The maximum atomic E-state index is 12.4. The van der Waals surface area contributed by atoms with Crippen LogP contribution in [-0.2, 0) is 17.8 Å². The number of nitrogens with one attached hydrogen (secondary N) is 1. The van der Waals surface area contributed by atoms with Gasteiger partial charge in [0.2, 0.25) is 0 Å². The van der Waals surface area contributed by atoms with Crippen LogP contribution in [0.15, 0.2) is 41.3 Å². The Morgan fingerprint density at radius 2 is 2.35 bits per heavy atom. The maximum absolute atomic E-state index is 12.4.